The van der Waals surface area contributed by atoms with Crippen LogP contribution in [0.4, 0.5) is 0 Å². The van der Waals surface area contributed by atoms with E-state index in [1.54, 1.807) is 13.0 Å². The third-order valence-electron chi connectivity index (χ3n) is 6.79. The quantitative estimate of drug-likeness (QED) is 0.544. The Morgan fingerprint density at radius 1 is 1.29 bits per heavy atom. The third-order valence-corrected chi connectivity index (χ3v) is 6.79. The number of ketones is 3. The molecule has 31 heavy (non-hydrogen) atoms. The van der Waals surface area contributed by atoms with E-state index < -0.39 is 35.3 Å². The van der Waals surface area contributed by atoms with Crippen LogP contribution >= 0.6 is 0 Å². The highest BCUT2D eigenvalue weighted by Gasteiger charge is 2.55. The SMILES string of the molecule is CC[C@H](C)C(=O)C1=C2C3=COC([C@H]4C(=O)C[C@H](O)C[C@@H]4C)=CC3=CC(=O)[C@@]2(C)OC1=O. The highest BCUT2D eigenvalue weighted by Crippen LogP contribution is 2.48. The maximum atomic E-state index is 13.0. The van der Waals surface area contributed by atoms with E-state index in [0.29, 0.717) is 29.7 Å². The molecule has 1 fully saturated rings. The van der Waals surface area contributed by atoms with Crippen LogP contribution in [0.15, 0.2) is 46.5 Å². The number of rotatable bonds is 4. The normalized spacial score (nSPS) is 33.5. The largest absolute Gasteiger partial charge is 0.468 e. The number of esters is 1. The molecular formula is C24H26O7. The minimum absolute atomic E-state index is 0.0589. The van der Waals surface area contributed by atoms with Gasteiger partial charge in [0.1, 0.15) is 17.1 Å². The Kier molecular flexibility index (Phi) is 5.12. The Morgan fingerprint density at radius 3 is 2.65 bits per heavy atom. The van der Waals surface area contributed by atoms with E-state index in [1.807, 2.05) is 13.8 Å². The van der Waals surface area contributed by atoms with Crippen LogP contribution in [0.3, 0.4) is 0 Å². The van der Waals surface area contributed by atoms with Crippen molar-refractivity contribution in [1.82, 2.24) is 0 Å². The summed E-state index contributed by atoms with van der Waals surface area (Å²) < 4.78 is 11.2. The molecule has 0 aromatic rings. The molecule has 7 heteroatoms. The monoisotopic (exact) mass is 426 g/mol. The van der Waals surface area contributed by atoms with E-state index in [9.17, 15) is 24.3 Å². The van der Waals surface area contributed by atoms with Crippen LogP contribution in [0, 0.1) is 17.8 Å². The van der Waals surface area contributed by atoms with Crippen molar-refractivity contribution in [2.24, 2.45) is 17.8 Å². The molecule has 4 aliphatic rings. The summed E-state index contributed by atoms with van der Waals surface area (Å²) in [7, 11) is 0. The Morgan fingerprint density at radius 2 is 2.00 bits per heavy atom. The number of carbonyl (C=O) groups excluding carboxylic acids is 4. The molecule has 2 aliphatic carbocycles. The number of carbonyl (C=O) groups is 4. The number of hydrogen-bond donors (Lipinski definition) is 1. The van der Waals surface area contributed by atoms with Gasteiger partial charge in [0, 0.05) is 23.5 Å². The number of allylic oxidation sites excluding steroid dienone is 3. The average Bonchev–Trinajstić information content (AvgIpc) is 2.97. The van der Waals surface area contributed by atoms with Crippen LogP contribution < -0.4 is 0 Å². The van der Waals surface area contributed by atoms with E-state index in [2.05, 4.69) is 0 Å². The summed E-state index contributed by atoms with van der Waals surface area (Å²) >= 11 is 0. The fourth-order valence-corrected chi connectivity index (χ4v) is 4.84. The van der Waals surface area contributed by atoms with Crippen LogP contribution in [0.1, 0.15) is 47.0 Å². The van der Waals surface area contributed by atoms with Gasteiger partial charge in [-0.1, -0.05) is 20.8 Å². The summed E-state index contributed by atoms with van der Waals surface area (Å²) in [5.41, 5.74) is -0.513. The fraction of sp³-hybridized carbons (Fsp3) is 0.500. The van der Waals surface area contributed by atoms with Gasteiger partial charge in [0.2, 0.25) is 5.78 Å². The first-order valence-corrected chi connectivity index (χ1v) is 10.7. The highest BCUT2D eigenvalue weighted by atomic mass is 16.6. The third kappa shape index (κ3) is 3.22. The van der Waals surface area contributed by atoms with E-state index in [0.717, 1.165) is 0 Å². The molecule has 0 spiro atoms. The van der Waals surface area contributed by atoms with Gasteiger partial charge >= 0.3 is 5.97 Å². The zero-order valence-corrected chi connectivity index (χ0v) is 18.1. The van der Waals surface area contributed by atoms with Crippen LogP contribution in [-0.4, -0.2) is 40.1 Å². The topological polar surface area (TPSA) is 107 Å². The number of ether oxygens (including phenoxy) is 2. The van der Waals surface area contributed by atoms with Gasteiger partial charge in [-0.25, -0.2) is 4.79 Å². The molecule has 0 bridgehead atoms. The van der Waals surface area contributed by atoms with Crippen molar-refractivity contribution in [3.63, 3.8) is 0 Å². The van der Waals surface area contributed by atoms with Crippen LogP contribution in [0.2, 0.25) is 0 Å². The van der Waals surface area contributed by atoms with Crippen LogP contribution in [-0.2, 0) is 28.7 Å². The van der Waals surface area contributed by atoms with Gasteiger partial charge in [-0.15, -0.1) is 0 Å². The lowest BCUT2D eigenvalue weighted by atomic mass is 9.73. The van der Waals surface area contributed by atoms with E-state index in [4.69, 9.17) is 9.47 Å². The molecule has 164 valence electrons. The lowest BCUT2D eigenvalue weighted by Crippen LogP contribution is -2.41. The first kappa shape index (κ1) is 21.4. The summed E-state index contributed by atoms with van der Waals surface area (Å²) in [5, 5.41) is 9.86. The van der Waals surface area contributed by atoms with Crippen molar-refractivity contribution >= 4 is 23.3 Å². The van der Waals surface area contributed by atoms with Gasteiger partial charge in [-0.2, -0.15) is 0 Å². The zero-order chi connectivity index (χ0) is 22.7. The number of aliphatic hydroxyl groups excluding tert-OH is 1. The molecule has 1 N–H and O–H groups in total. The number of hydrogen-bond acceptors (Lipinski definition) is 7. The first-order chi connectivity index (χ1) is 14.6. The van der Waals surface area contributed by atoms with E-state index >= 15 is 0 Å². The molecule has 1 saturated carbocycles. The minimum atomic E-state index is -1.57. The second-order valence-corrected chi connectivity index (χ2v) is 9.02. The van der Waals surface area contributed by atoms with Gasteiger partial charge in [-0.3, -0.25) is 14.4 Å². The summed E-state index contributed by atoms with van der Waals surface area (Å²) in [6.07, 6.45) is 4.82. The zero-order valence-electron chi connectivity index (χ0n) is 18.1. The van der Waals surface area contributed by atoms with Crippen LogP contribution in [0.5, 0.6) is 0 Å². The van der Waals surface area contributed by atoms with Crippen LogP contribution in [0.25, 0.3) is 0 Å². The summed E-state index contributed by atoms with van der Waals surface area (Å²) in [4.78, 5) is 51.1. The molecule has 0 radical (unpaired) electrons. The van der Waals surface area contributed by atoms with Crippen molar-refractivity contribution in [3.8, 4) is 0 Å². The first-order valence-electron chi connectivity index (χ1n) is 10.7. The molecular weight excluding hydrogens is 400 g/mol. The molecule has 2 aliphatic heterocycles. The van der Waals surface area contributed by atoms with Gasteiger partial charge in [0.15, 0.2) is 11.4 Å². The van der Waals surface area contributed by atoms with Gasteiger partial charge in [0.05, 0.1) is 18.3 Å². The van der Waals surface area contributed by atoms with Gasteiger partial charge < -0.3 is 14.6 Å². The standard InChI is InChI=1S/C24H26O7/c1-5-11(2)22(28)20-21-15-10-30-17(19-12(3)6-14(25)9-16(19)26)7-13(15)8-18(27)24(21,4)31-23(20)29/h7-8,10-12,14,19,25H,5-6,9H2,1-4H3/t11-,12-,14+,19+,24+/m0/s1. The van der Waals surface area contributed by atoms with Gasteiger partial charge in [-0.05, 0) is 43.4 Å². The average molecular weight is 426 g/mol. The van der Waals surface area contributed by atoms with E-state index in [-0.39, 0.29) is 35.1 Å². The molecule has 0 unspecified atom stereocenters. The predicted octanol–water partition coefficient (Wildman–Crippen LogP) is 2.50. The molecule has 2 heterocycles. The smallest absolute Gasteiger partial charge is 0.343 e. The Labute approximate surface area is 180 Å². The second-order valence-electron chi connectivity index (χ2n) is 9.02. The molecule has 0 amide bonds. The maximum Gasteiger partial charge on any atom is 0.343 e. The lowest BCUT2D eigenvalue weighted by Gasteiger charge is -2.35. The molecule has 0 saturated heterocycles. The minimum Gasteiger partial charge on any atom is -0.468 e. The Bertz CT molecular complexity index is 1020. The maximum absolute atomic E-state index is 13.0. The van der Waals surface area contributed by atoms with Crippen molar-refractivity contribution in [1.29, 1.82) is 0 Å². The van der Waals surface area contributed by atoms with E-state index in [1.165, 1.54) is 19.3 Å². The number of Topliss-reactive ketones (excluding diaryl/α,β-unsaturated/α-hetero) is 2. The van der Waals surface area contributed by atoms with Gasteiger partial charge in [0.25, 0.3) is 0 Å². The summed E-state index contributed by atoms with van der Waals surface area (Å²) in [5.74, 6) is -2.36. The van der Waals surface area contributed by atoms with Crippen molar-refractivity contribution < 1.29 is 33.8 Å². The molecule has 5 atom stereocenters. The molecule has 4 rings (SSSR count). The summed E-state index contributed by atoms with van der Waals surface area (Å²) in [6.45, 7) is 6.94. The summed E-state index contributed by atoms with van der Waals surface area (Å²) in [6, 6.07) is 0. The molecule has 0 aromatic carbocycles. The fourth-order valence-electron chi connectivity index (χ4n) is 4.84. The lowest BCUT2D eigenvalue weighted by molar-refractivity contribution is -0.153. The highest BCUT2D eigenvalue weighted by molar-refractivity contribution is 6.24. The number of aliphatic hydroxyl groups is 1. The van der Waals surface area contributed by atoms with Crippen molar-refractivity contribution in [3.05, 3.63) is 46.5 Å². The molecule has 7 nitrogen and oxygen atoms in total. The molecule has 0 aromatic heterocycles. The number of fused-ring (bicyclic) bond motifs is 3. The van der Waals surface area contributed by atoms with Crippen molar-refractivity contribution in [2.75, 3.05) is 0 Å². The predicted molar refractivity (Wildman–Crippen MR) is 109 cm³/mol. The Hall–Kier alpha value is -2.80. The van der Waals surface area contributed by atoms with Crippen molar-refractivity contribution in [2.45, 2.75) is 58.7 Å². The Balaban J connectivity index is 1.79. The second kappa shape index (κ2) is 7.41.